The molecule has 1 fully saturated rings. The van der Waals surface area contributed by atoms with Crippen molar-refractivity contribution in [1.82, 2.24) is 14.9 Å². The zero-order valence-corrected chi connectivity index (χ0v) is 17.5. The average Bonchev–Trinajstić information content (AvgIpc) is 2.72. The van der Waals surface area contributed by atoms with Gasteiger partial charge in [-0.3, -0.25) is 4.90 Å². The van der Waals surface area contributed by atoms with Crippen LogP contribution in [0.1, 0.15) is 22.4 Å². The van der Waals surface area contributed by atoms with Gasteiger partial charge in [0.1, 0.15) is 5.82 Å². The molecular weight excluding hydrogens is 358 g/mol. The molecule has 3 aromatic rings. The van der Waals surface area contributed by atoms with E-state index in [4.69, 9.17) is 4.98 Å². The monoisotopic (exact) mass is 387 g/mol. The van der Waals surface area contributed by atoms with Crippen LogP contribution in [-0.2, 0) is 6.54 Å². The number of hydrogen-bond acceptors (Lipinski definition) is 5. The first-order valence-corrected chi connectivity index (χ1v) is 10.3. The predicted octanol–water partition coefficient (Wildman–Crippen LogP) is 4.47. The number of aryl methyl sites for hydroxylation is 2. The molecule has 1 aliphatic rings. The van der Waals surface area contributed by atoms with E-state index in [1.165, 1.54) is 16.7 Å². The minimum atomic E-state index is 0.667. The summed E-state index contributed by atoms with van der Waals surface area (Å²) in [5.74, 6) is 1.67. The average molecular weight is 388 g/mol. The number of nitrogens with one attached hydrogen (secondary N) is 1. The Balaban J connectivity index is 1.43. The van der Waals surface area contributed by atoms with E-state index in [1.807, 2.05) is 6.92 Å². The van der Waals surface area contributed by atoms with Gasteiger partial charge in [-0.2, -0.15) is 4.98 Å². The zero-order valence-electron chi connectivity index (χ0n) is 17.5. The topological polar surface area (TPSA) is 44.3 Å². The van der Waals surface area contributed by atoms with Gasteiger partial charge < -0.3 is 10.2 Å². The SMILES string of the molecule is Cc1cc(N2CCN(Cc3ccccc3)CC2)nc(Nc2cccc(C)c2C)n1. The minimum absolute atomic E-state index is 0.667. The lowest BCUT2D eigenvalue weighted by Crippen LogP contribution is -2.46. The second kappa shape index (κ2) is 8.62. The lowest BCUT2D eigenvalue weighted by molar-refractivity contribution is 0.249. The molecule has 1 aromatic heterocycles. The molecule has 0 atom stereocenters. The van der Waals surface area contributed by atoms with Crippen LogP contribution in [0.15, 0.2) is 54.6 Å². The minimum Gasteiger partial charge on any atom is -0.354 e. The Morgan fingerprint density at radius 3 is 2.38 bits per heavy atom. The summed E-state index contributed by atoms with van der Waals surface area (Å²) in [5.41, 5.74) is 5.91. The van der Waals surface area contributed by atoms with Crippen LogP contribution in [0.5, 0.6) is 0 Å². The zero-order chi connectivity index (χ0) is 20.2. The first-order valence-electron chi connectivity index (χ1n) is 10.3. The van der Waals surface area contributed by atoms with Crippen LogP contribution in [0.25, 0.3) is 0 Å². The van der Waals surface area contributed by atoms with Crippen molar-refractivity contribution in [2.75, 3.05) is 36.4 Å². The van der Waals surface area contributed by atoms with Gasteiger partial charge in [0.15, 0.2) is 0 Å². The van der Waals surface area contributed by atoms with E-state index in [1.54, 1.807) is 0 Å². The predicted molar refractivity (Wildman–Crippen MR) is 120 cm³/mol. The van der Waals surface area contributed by atoms with Gasteiger partial charge in [-0.1, -0.05) is 42.5 Å². The fourth-order valence-electron chi connectivity index (χ4n) is 3.75. The first-order chi connectivity index (χ1) is 14.1. The highest BCUT2D eigenvalue weighted by molar-refractivity contribution is 5.61. The van der Waals surface area contributed by atoms with Crippen LogP contribution in [0.3, 0.4) is 0 Å². The van der Waals surface area contributed by atoms with E-state index in [0.717, 1.165) is 49.9 Å². The molecule has 0 unspecified atom stereocenters. The summed E-state index contributed by atoms with van der Waals surface area (Å²) in [7, 11) is 0. The van der Waals surface area contributed by atoms with Crippen LogP contribution in [0, 0.1) is 20.8 Å². The van der Waals surface area contributed by atoms with Crippen molar-refractivity contribution in [2.24, 2.45) is 0 Å². The smallest absolute Gasteiger partial charge is 0.229 e. The molecule has 0 amide bonds. The molecule has 0 aliphatic carbocycles. The summed E-state index contributed by atoms with van der Waals surface area (Å²) in [6.07, 6.45) is 0. The molecule has 29 heavy (non-hydrogen) atoms. The largest absolute Gasteiger partial charge is 0.354 e. The fourth-order valence-corrected chi connectivity index (χ4v) is 3.75. The molecule has 0 bridgehead atoms. The van der Waals surface area contributed by atoms with E-state index >= 15 is 0 Å². The Morgan fingerprint density at radius 1 is 0.862 bits per heavy atom. The van der Waals surface area contributed by atoms with Gasteiger partial charge in [-0.05, 0) is 43.5 Å². The second-order valence-electron chi connectivity index (χ2n) is 7.81. The maximum Gasteiger partial charge on any atom is 0.229 e. The molecule has 0 radical (unpaired) electrons. The van der Waals surface area contributed by atoms with Gasteiger partial charge in [-0.15, -0.1) is 0 Å². The van der Waals surface area contributed by atoms with Crippen molar-refractivity contribution in [2.45, 2.75) is 27.3 Å². The third-order valence-electron chi connectivity index (χ3n) is 5.64. The number of hydrogen-bond donors (Lipinski definition) is 1. The summed E-state index contributed by atoms with van der Waals surface area (Å²) in [6, 6.07) is 19.0. The number of anilines is 3. The Bertz CT molecular complexity index is 962. The summed E-state index contributed by atoms with van der Waals surface area (Å²) < 4.78 is 0. The molecule has 5 heteroatoms. The van der Waals surface area contributed by atoms with Crippen LogP contribution in [0.4, 0.5) is 17.5 Å². The normalized spacial score (nSPS) is 14.8. The van der Waals surface area contributed by atoms with Crippen molar-refractivity contribution in [3.8, 4) is 0 Å². The van der Waals surface area contributed by atoms with Gasteiger partial charge in [0, 0.05) is 50.2 Å². The second-order valence-corrected chi connectivity index (χ2v) is 7.81. The quantitative estimate of drug-likeness (QED) is 0.700. The van der Waals surface area contributed by atoms with Crippen LogP contribution < -0.4 is 10.2 Å². The molecule has 1 N–H and O–H groups in total. The molecule has 0 spiro atoms. The van der Waals surface area contributed by atoms with Gasteiger partial charge in [0.05, 0.1) is 0 Å². The third-order valence-corrected chi connectivity index (χ3v) is 5.64. The van der Waals surface area contributed by atoms with E-state index in [0.29, 0.717) is 5.95 Å². The Labute approximate surface area is 173 Å². The summed E-state index contributed by atoms with van der Waals surface area (Å²) >= 11 is 0. The summed E-state index contributed by atoms with van der Waals surface area (Å²) in [4.78, 5) is 14.3. The third kappa shape index (κ3) is 4.74. The van der Waals surface area contributed by atoms with Crippen LogP contribution in [-0.4, -0.2) is 41.0 Å². The molecule has 2 aromatic carbocycles. The molecule has 1 aliphatic heterocycles. The number of aromatic nitrogens is 2. The summed E-state index contributed by atoms with van der Waals surface area (Å²) in [6.45, 7) is 11.3. The Hall–Kier alpha value is -2.92. The number of rotatable bonds is 5. The maximum absolute atomic E-state index is 4.82. The van der Waals surface area contributed by atoms with Crippen molar-refractivity contribution >= 4 is 17.5 Å². The molecule has 150 valence electrons. The maximum atomic E-state index is 4.82. The highest BCUT2D eigenvalue weighted by Gasteiger charge is 2.19. The first kappa shape index (κ1) is 19.4. The van der Waals surface area contributed by atoms with Gasteiger partial charge >= 0.3 is 0 Å². The van der Waals surface area contributed by atoms with Crippen molar-refractivity contribution < 1.29 is 0 Å². The highest BCUT2D eigenvalue weighted by Crippen LogP contribution is 2.23. The van der Waals surface area contributed by atoms with Crippen molar-refractivity contribution in [3.63, 3.8) is 0 Å². The molecule has 5 nitrogen and oxygen atoms in total. The number of nitrogens with zero attached hydrogens (tertiary/aromatic N) is 4. The van der Waals surface area contributed by atoms with Crippen LogP contribution >= 0.6 is 0 Å². The lowest BCUT2D eigenvalue weighted by atomic mass is 10.1. The Morgan fingerprint density at radius 2 is 1.62 bits per heavy atom. The molecule has 1 saturated heterocycles. The highest BCUT2D eigenvalue weighted by atomic mass is 15.3. The van der Waals surface area contributed by atoms with Crippen molar-refractivity contribution in [3.05, 3.63) is 77.0 Å². The van der Waals surface area contributed by atoms with E-state index in [2.05, 4.69) is 88.5 Å². The lowest BCUT2D eigenvalue weighted by Gasteiger charge is -2.35. The van der Waals surface area contributed by atoms with Gasteiger partial charge in [0.2, 0.25) is 5.95 Å². The van der Waals surface area contributed by atoms with E-state index in [9.17, 15) is 0 Å². The molecular formula is C24H29N5. The molecule has 4 rings (SSSR count). The standard InChI is InChI=1S/C24H29N5/c1-18-8-7-11-22(20(18)3)26-24-25-19(2)16-23(27-24)29-14-12-28(13-15-29)17-21-9-5-4-6-10-21/h4-11,16H,12-15,17H2,1-3H3,(H,25,26,27). The number of piperazine rings is 1. The van der Waals surface area contributed by atoms with Gasteiger partial charge in [-0.25, -0.2) is 4.98 Å². The van der Waals surface area contributed by atoms with E-state index in [-0.39, 0.29) is 0 Å². The molecule has 0 saturated carbocycles. The fraction of sp³-hybridized carbons (Fsp3) is 0.333. The van der Waals surface area contributed by atoms with Crippen LogP contribution in [0.2, 0.25) is 0 Å². The van der Waals surface area contributed by atoms with E-state index < -0.39 is 0 Å². The number of benzene rings is 2. The van der Waals surface area contributed by atoms with Gasteiger partial charge in [0.25, 0.3) is 0 Å². The summed E-state index contributed by atoms with van der Waals surface area (Å²) in [5, 5.41) is 3.42. The Kier molecular flexibility index (Phi) is 5.76. The van der Waals surface area contributed by atoms with Crippen molar-refractivity contribution in [1.29, 1.82) is 0 Å². The molecule has 2 heterocycles.